The number of rotatable bonds is 4. The van der Waals surface area contributed by atoms with Crippen molar-refractivity contribution in [3.63, 3.8) is 0 Å². The van der Waals surface area contributed by atoms with Gasteiger partial charge < -0.3 is 15.0 Å². The Balaban J connectivity index is 1.69. The van der Waals surface area contributed by atoms with Gasteiger partial charge in [-0.3, -0.25) is 4.79 Å². The van der Waals surface area contributed by atoms with Crippen LogP contribution in [-0.2, 0) is 11.3 Å². The Bertz CT molecular complexity index is 684. The molecule has 1 aliphatic rings. The number of carbonyl (C=O) groups excluding carboxylic acids is 1. The molecule has 1 saturated heterocycles. The van der Waals surface area contributed by atoms with Crippen LogP contribution in [0.5, 0.6) is 0 Å². The van der Waals surface area contributed by atoms with Gasteiger partial charge in [0.25, 0.3) is 5.91 Å². The number of ether oxygens (including phenoxy) is 1. The number of aromatic nitrogens is 2. The molecular formula is C17H20N4O2. The molecule has 1 amide bonds. The third-order valence-electron chi connectivity index (χ3n) is 3.74. The van der Waals surface area contributed by atoms with Crippen molar-refractivity contribution in [1.29, 1.82) is 0 Å². The molecule has 0 radical (unpaired) electrons. The SMILES string of the molecule is Cc1cccc(C(=O)NCc2cccnc2N2CCOCC2)n1. The maximum Gasteiger partial charge on any atom is 0.270 e. The van der Waals surface area contributed by atoms with Gasteiger partial charge in [0.15, 0.2) is 0 Å². The molecule has 2 aromatic heterocycles. The highest BCUT2D eigenvalue weighted by molar-refractivity contribution is 5.92. The van der Waals surface area contributed by atoms with Crippen LogP contribution in [0.2, 0.25) is 0 Å². The number of pyridine rings is 2. The van der Waals surface area contributed by atoms with Crippen LogP contribution in [0.3, 0.4) is 0 Å². The van der Waals surface area contributed by atoms with E-state index in [4.69, 9.17) is 4.74 Å². The van der Waals surface area contributed by atoms with Gasteiger partial charge in [0.2, 0.25) is 0 Å². The maximum atomic E-state index is 12.2. The van der Waals surface area contributed by atoms with Crippen LogP contribution in [0.25, 0.3) is 0 Å². The first-order valence-electron chi connectivity index (χ1n) is 7.72. The molecule has 1 fully saturated rings. The lowest BCUT2D eigenvalue weighted by molar-refractivity contribution is 0.0945. The predicted molar refractivity (Wildman–Crippen MR) is 87.4 cm³/mol. The molecule has 0 aliphatic carbocycles. The zero-order chi connectivity index (χ0) is 16.1. The minimum atomic E-state index is -0.175. The van der Waals surface area contributed by atoms with E-state index >= 15 is 0 Å². The predicted octanol–water partition coefficient (Wildman–Crippen LogP) is 1.55. The summed E-state index contributed by atoms with van der Waals surface area (Å²) in [6.07, 6.45) is 1.78. The molecule has 2 aromatic rings. The fourth-order valence-corrected chi connectivity index (χ4v) is 2.56. The van der Waals surface area contributed by atoms with Gasteiger partial charge in [-0.1, -0.05) is 12.1 Å². The Morgan fingerprint density at radius 1 is 1.26 bits per heavy atom. The zero-order valence-electron chi connectivity index (χ0n) is 13.2. The Labute approximate surface area is 135 Å². The molecule has 0 atom stereocenters. The summed E-state index contributed by atoms with van der Waals surface area (Å²) in [5.74, 6) is 0.735. The van der Waals surface area contributed by atoms with Crippen molar-refractivity contribution in [3.05, 3.63) is 53.5 Å². The van der Waals surface area contributed by atoms with E-state index in [1.807, 2.05) is 31.2 Å². The van der Waals surface area contributed by atoms with Gasteiger partial charge in [0.05, 0.1) is 13.2 Å². The molecule has 1 aliphatic heterocycles. The number of nitrogens with one attached hydrogen (secondary N) is 1. The third-order valence-corrected chi connectivity index (χ3v) is 3.74. The summed E-state index contributed by atoms with van der Waals surface area (Å²) in [6, 6.07) is 9.29. The highest BCUT2D eigenvalue weighted by Crippen LogP contribution is 2.18. The first kappa shape index (κ1) is 15.4. The largest absolute Gasteiger partial charge is 0.378 e. The molecule has 0 saturated carbocycles. The minimum absolute atomic E-state index is 0.175. The number of hydrogen-bond acceptors (Lipinski definition) is 5. The number of carbonyl (C=O) groups is 1. The van der Waals surface area contributed by atoms with Crippen molar-refractivity contribution in [2.24, 2.45) is 0 Å². The highest BCUT2D eigenvalue weighted by Gasteiger charge is 2.16. The summed E-state index contributed by atoms with van der Waals surface area (Å²) in [5, 5.41) is 2.92. The van der Waals surface area contributed by atoms with E-state index in [1.165, 1.54) is 0 Å². The van der Waals surface area contributed by atoms with E-state index in [9.17, 15) is 4.79 Å². The number of hydrogen-bond donors (Lipinski definition) is 1. The Morgan fingerprint density at radius 2 is 2.09 bits per heavy atom. The monoisotopic (exact) mass is 312 g/mol. The molecule has 23 heavy (non-hydrogen) atoms. The maximum absolute atomic E-state index is 12.2. The molecule has 0 aromatic carbocycles. The second-order valence-corrected chi connectivity index (χ2v) is 5.43. The van der Waals surface area contributed by atoms with Crippen molar-refractivity contribution in [2.75, 3.05) is 31.2 Å². The first-order chi connectivity index (χ1) is 11.2. The van der Waals surface area contributed by atoms with Crippen LogP contribution in [-0.4, -0.2) is 42.2 Å². The molecule has 3 heterocycles. The molecule has 0 bridgehead atoms. The van der Waals surface area contributed by atoms with Crippen LogP contribution in [0.15, 0.2) is 36.5 Å². The summed E-state index contributed by atoms with van der Waals surface area (Å²) in [5.41, 5.74) is 2.25. The molecule has 0 unspecified atom stereocenters. The van der Waals surface area contributed by atoms with E-state index < -0.39 is 0 Å². The van der Waals surface area contributed by atoms with E-state index in [1.54, 1.807) is 12.3 Å². The minimum Gasteiger partial charge on any atom is -0.378 e. The third kappa shape index (κ3) is 3.84. The lowest BCUT2D eigenvalue weighted by Crippen LogP contribution is -2.37. The molecule has 120 valence electrons. The fourth-order valence-electron chi connectivity index (χ4n) is 2.56. The summed E-state index contributed by atoms with van der Waals surface area (Å²) >= 11 is 0. The lowest BCUT2D eigenvalue weighted by Gasteiger charge is -2.29. The lowest BCUT2D eigenvalue weighted by atomic mass is 10.2. The number of morpholine rings is 1. The topological polar surface area (TPSA) is 67.4 Å². The molecule has 0 spiro atoms. The Hall–Kier alpha value is -2.47. The normalized spacial score (nSPS) is 14.6. The van der Waals surface area contributed by atoms with Gasteiger partial charge in [-0.15, -0.1) is 0 Å². The van der Waals surface area contributed by atoms with Crippen LogP contribution >= 0.6 is 0 Å². The fraction of sp³-hybridized carbons (Fsp3) is 0.353. The van der Waals surface area contributed by atoms with Gasteiger partial charge in [0.1, 0.15) is 11.5 Å². The van der Waals surface area contributed by atoms with Crippen molar-refractivity contribution in [2.45, 2.75) is 13.5 Å². The summed E-state index contributed by atoms with van der Waals surface area (Å²) in [6.45, 7) is 5.34. The van der Waals surface area contributed by atoms with Crippen molar-refractivity contribution >= 4 is 11.7 Å². The smallest absolute Gasteiger partial charge is 0.270 e. The van der Waals surface area contributed by atoms with Crippen LogP contribution < -0.4 is 10.2 Å². The zero-order valence-corrected chi connectivity index (χ0v) is 13.2. The number of anilines is 1. The molecule has 6 heteroatoms. The van der Waals surface area contributed by atoms with Crippen molar-refractivity contribution in [3.8, 4) is 0 Å². The van der Waals surface area contributed by atoms with Crippen molar-refractivity contribution in [1.82, 2.24) is 15.3 Å². The van der Waals surface area contributed by atoms with E-state index in [0.717, 1.165) is 30.2 Å². The van der Waals surface area contributed by atoms with Crippen LogP contribution in [0, 0.1) is 6.92 Å². The average Bonchev–Trinajstić information content (AvgIpc) is 2.60. The number of aryl methyl sites for hydroxylation is 1. The van der Waals surface area contributed by atoms with Gasteiger partial charge in [0, 0.05) is 37.1 Å². The summed E-state index contributed by atoms with van der Waals surface area (Å²) in [7, 11) is 0. The highest BCUT2D eigenvalue weighted by atomic mass is 16.5. The van der Waals surface area contributed by atoms with E-state index in [2.05, 4.69) is 20.2 Å². The number of nitrogens with zero attached hydrogens (tertiary/aromatic N) is 3. The Morgan fingerprint density at radius 3 is 2.87 bits per heavy atom. The molecular weight excluding hydrogens is 292 g/mol. The summed E-state index contributed by atoms with van der Waals surface area (Å²) < 4.78 is 5.38. The van der Waals surface area contributed by atoms with Crippen LogP contribution in [0.1, 0.15) is 21.7 Å². The van der Waals surface area contributed by atoms with Crippen LogP contribution in [0.4, 0.5) is 5.82 Å². The quantitative estimate of drug-likeness (QED) is 0.928. The first-order valence-corrected chi connectivity index (χ1v) is 7.72. The van der Waals surface area contributed by atoms with E-state index in [0.29, 0.717) is 25.5 Å². The van der Waals surface area contributed by atoms with Gasteiger partial charge in [-0.2, -0.15) is 0 Å². The molecule has 1 N–H and O–H groups in total. The van der Waals surface area contributed by atoms with Crippen molar-refractivity contribution < 1.29 is 9.53 Å². The van der Waals surface area contributed by atoms with E-state index in [-0.39, 0.29) is 5.91 Å². The summed E-state index contributed by atoms with van der Waals surface area (Å²) in [4.78, 5) is 23.1. The number of amides is 1. The van der Waals surface area contributed by atoms with Gasteiger partial charge in [-0.25, -0.2) is 9.97 Å². The molecule has 6 nitrogen and oxygen atoms in total. The standard InChI is InChI=1S/C17H20N4O2/c1-13-4-2-6-15(20-13)17(22)19-12-14-5-3-7-18-16(14)21-8-10-23-11-9-21/h2-7H,8-12H2,1H3,(H,19,22). The van der Waals surface area contributed by atoms with Gasteiger partial charge in [-0.05, 0) is 25.1 Å². The average molecular weight is 312 g/mol. The Kier molecular flexibility index (Phi) is 4.83. The second-order valence-electron chi connectivity index (χ2n) is 5.43. The van der Waals surface area contributed by atoms with Gasteiger partial charge >= 0.3 is 0 Å². The second kappa shape index (κ2) is 7.19. The molecule has 3 rings (SSSR count).